The van der Waals surface area contributed by atoms with E-state index in [1.807, 2.05) is 0 Å². The molecule has 0 saturated carbocycles. The average Bonchev–Trinajstić information content (AvgIpc) is 2.25. The lowest BCUT2D eigenvalue weighted by Gasteiger charge is -2.21. The highest BCUT2D eigenvalue weighted by Crippen LogP contribution is 2.42. The molecule has 0 heterocycles. The molecule has 1 aromatic rings. The van der Waals surface area contributed by atoms with E-state index in [2.05, 4.69) is 0 Å². The van der Waals surface area contributed by atoms with Crippen molar-refractivity contribution >= 4 is 0 Å². The lowest BCUT2D eigenvalue weighted by atomic mass is 10.0. The van der Waals surface area contributed by atoms with Crippen LogP contribution >= 0.6 is 0 Å². The van der Waals surface area contributed by atoms with Crippen molar-refractivity contribution in [1.82, 2.24) is 0 Å². The number of hydrogen-bond acceptors (Lipinski definition) is 4. The first-order chi connectivity index (χ1) is 7.81. The molecule has 1 aromatic carbocycles. The molecule has 0 radical (unpaired) electrons. The Hall–Kier alpha value is -1.63. The highest BCUT2D eigenvalue weighted by Gasteiger charge is 2.41. The summed E-state index contributed by atoms with van der Waals surface area (Å²) in [7, 11) is 2.36. The fraction of sp³-hybridized carbons (Fsp3) is 0.400. The van der Waals surface area contributed by atoms with Crippen LogP contribution in [0.4, 0.5) is 13.2 Å². The Morgan fingerprint density at radius 1 is 1.18 bits per heavy atom. The zero-order valence-corrected chi connectivity index (χ0v) is 9.21. The molecule has 4 nitrogen and oxygen atoms in total. The molecule has 0 saturated heterocycles. The number of phenols is 1. The average molecular weight is 251 g/mol. The molecule has 0 bridgehead atoms. The van der Waals surface area contributed by atoms with Crippen LogP contribution in [-0.4, -0.2) is 25.5 Å². The third-order valence-corrected chi connectivity index (χ3v) is 2.19. The van der Waals surface area contributed by atoms with Gasteiger partial charge in [-0.2, -0.15) is 13.2 Å². The quantitative estimate of drug-likeness (QED) is 0.862. The van der Waals surface area contributed by atoms with Crippen molar-refractivity contribution in [3.63, 3.8) is 0 Å². The number of rotatable bonds is 3. The van der Waals surface area contributed by atoms with Gasteiger partial charge in [0, 0.05) is 12.1 Å². The van der Waals surface area contributed by atoms with E-state index in [1.54, 1.807) is 0 Å². The van der Waals surface area contributed by atoms with Crippen LogP contribution in [0.25, 0.3) is 0 Å². The number of phenolic OH excluding ortho intramolecular Hbond substituents is 1. The number of hydrogen-bond donors (Lipinski definition) is 2. The Balaban J connectivity index is 3.38. The highest BCUT2D eigenvalue weighted by molar-refractivity contribution is 5.52. The second-order valence-electron chi connectivity index (χ2n) is 3.28. The monoisotopic (exact) mass is 251 g/mol. The van der Waals surface area contributed by atoms with Gasteiger partial charge in [-0.15, -0.1) is 0 Å². The van der Waals surface area contributed by atoms with Gasteiger partial charge < -0.3 is 20.3 Å². The van der Waals surface area contributed by atoms with Gasteiger partial charge >= 0.3 is 6.18 Å². The van der Waals surface area contributed by atoms with Gasteiger partial charge in [-0.05, 0) is 0 Å². The molecule has 0 aromatic heterocycles. The van der Waals surface area contributed by atoms with Crippen LogP contribution in [-0.2, 0) is 0 Å². The Kier molecular flexibility index (Phi) is 3.72. The zero-order chi connectivity index (χ0) is 13.2. The number of nitrogens with two attached hydrogens (primary N) is 1. The van der Waals surface area contributed by atoms with Crippen molar-refractivity contribution in [1.29, 1.82) is 0 Å². The van der Waals surface area contributed by atoms with E-state index in [-0.39, 0.29) is 22.8 Å². The predicted octanol–water partition coefficient (Wildman–Crippen LogP) is 1.97. The summed E-state index contributed by atoms with van der Waals surface area (Å²) in [5, 5.41) is 9.28. The molecule has 0 aliphatic rings. The van der Waals surface area contributed by atoms with Crippen LogP contribution in [0.3, 0.4) is 0 Å². The molecule has 96 valence electrons. The fourth-order valence-electron chi connectivity index (χ4n) is 1.40. The summed E-state index contributed by atoms with van der Waals surface area (Å²) in [6.07, 6.45) is -4.63. The van der Waals surface area contributed by atoms with Crippen molar-refractivity contribution in [2.45, 2.75) is 12.2 Å². The Labute approximate surface area is 95.7 Å². The predicted molar refractivity (Wildman–Crippen MR) is 54.2 cm³/mol. The summed E-state index contributed by atoms with van der Waals surface area (Å²) in [5.41, 5.74) is 4.76. The molecule has 0 unspecified atom stereocenters. The molecule has 0 aliphatic heterocycles. The van der Waals surface area contributed by atoms with E-state index in [1.165, 1.54) is 14.2 Å². The van der Waals surface area contributed by atoms with Gasteiger partial charge in [0.05, 0.1) is 19.8 Å². The molecule has 0 aliphatic carbocycles. The summed E-state index contributed by atoms with van der Waals surface area (Å²) >= 11 is 0. The lowest BCUT2D eigenvalue weighted by Crippen LogP contribution is -2.29. The first-order valence-corrected chi connectivity index (χ1v) is 4.58. The van der Waals surface area contributed by atoms with E-state index in [0.29, 0.717) is 0 Å². The highest BCUT2D eigenvalue weighted by atomic mass is 19.4. The van der Waals surface area contributed by atoms with E-state index in [9.17, 15) is 18.3 Å². The number of alkyl halides is 3. The SMILES string of the molecule is COc1cc(O)cc(OC)c1[C@@H](N)C(F)(F)F. The first kappa shape index (κ1) is 13.4. The molecular weight excluding hydrogens is 239 g/mol. The minimum atomic E-state index is -4.63. The van der Waals surface area contributed by atoms with Gasteiger partial charge in [0.15, 0.2) is 0 Å². The topological polar surface area (TPSA) is 64.7 Å². The van der Waals surface area contributed by atoms with Crippen LogP contribution in [0.15, 0.2) is 12.1 Å². The van der Waals surface area contributed by atoms with E-state index in [0.717, 1.165) is 12.1 Å². The van der Waals surface area contributed by atoms with Gasteiger partial charge in [-0.25, -0.2) is 0 Å². The Bertz CT molecular complexity index is 381. The van der Waals surface area contributed by atoms with Crippen molar-refractivity contribution in [3.8, 4) is 17.2 Å². The zero-order valence-electron chi connectivity index (χ0n) is 9.21. The van der Waals surface area contributed by atoms with Crippen LogP contribution in [0.5, 0.6) is 17.2 Å². The van der Waals surface area contributed by atoms with Gasteiger partial charge in [-0.3, -0.25) is 0 Å². The second-order valence-corrected chi connectivity index (χ2v) is 3.28. The number of aromatic hydroxyl groups is 1. The second kappa shape index (κ2) is 4.70. The normalized spacial score (nSPS) is 13.3. The minimum absolute atomic E-state index is 0.174. The van der Waals surface area contributed by atoms with Gasteiger partial charge in [0.2, 0.25) is 0 Å². The molecule has 17 heavy (non-hydrogen) atoms. The maximum absolute atomic E-state index is 12.6. The van der Waals surface area contributed by atoms with Crippen LogP contribution in [0.1, 0.15) is 11.6 Å². The van der Waals surface area contributed by atoms with Crippen molar-refractivity contribution in [2.24, 2.45) is 5.73 Å². The molecule has 0 fully saturated rings. The summed E-state index contributed by atoms with van der Waals surface area (Å²) in [6, 6.07) is -0.152. The standard InChI is InChI=1S/C10H12F3NO3/c1-16-6-3-5(15)4-7(17-2)8(6)9(14)10(11,12)13/h3-4,9,15H,14H2,1-2H3/t9-/m1/s1. The summed E-state index contributed by atoms with van der Waals surface area (Å²) < 4.78 is 47.2. The molecule has 7 heteroatoms. The minimum Gasteiger partial charge on any atom is -0.508 e. The summed E-state index contributed by atoms with van der Waals surface area (Å²) in [6.45, 7) is 0. The van der Waals surface area contributed by atoms with Crippen LogP contribution in [0.2, 0.25) is 0 Å². The third kappa shape index (κ3) is 2.73. The third-order valence-electron chi connectivity index (χ3n) is 2.19. The molecule has 0 amide bonds. The van der Waals surface area contributed by atoms with Crippen molar-refractivity contribution in [3.05, 3.63) is 17.7 Å². The lowest BCUT2D eigenvalue weighted by molar-refractivity contribution is -0.149. The largest absolute Gasteiger partial charge is 0.508 e. The molecular formula is C10H12F3NO3. The van der Waals surface area contributed by atoms with Gasteiger partial charge in [0.1, 0.15) is 23.3 Å². The molecule has 3 N–H and O–H groups in total. The van der Waals surface area contributed by atoms with Gasteiger partial charge in [0.25, 0.3) is 0 Å². The van der Waals surface area contributed by atoms with E-state index >= 15 is 0 Å². The number of benzene rings is 1. The van der Waals surface area contributed by atoms with Crippen LogP contribution < -0.4 is 15.2 Å². The maximum atomic E-state index is 12.6. The fourth-order valence-corrected chi connectivity index (χ4v) is 1.40. The number of halogens is 3. The van der Waals surface area contributed by atoms with Crippen molar-refractivity contribution < 1.29 is 27.8 Å². The number of ether oxygens (including phenoxy) is 2. The maximum Gasteiger partial charge on any atom is 0.407 e. The van der Waals surface area contributed by atoms with Crippen molar-refractivity contribution in [2.75, 3.05) is 14.2 Å². The van der Waals surface area contributed by atoms with Gasteiger partial charge in [-0.1, -0.05) is 0 Å². The van der Waals surface area contributed by atoms with Crippen LogP contribution in [0, 0.1) is 0 Å². The molecule has 1 atom stereocenters. The smallest absolute Gasteiger partial charge is 0.407 e. The Morgan fingerprint density at radius 3 is 1.88 bits per heavy atom. The summed E-state index contributed by atoms with van der Waals surface area (Å²) in [5.74, 6) is -0.616. The Morgan fingerprint density at radius 2 is 1.59 bits per heavy atom. The summed E-state index contributed by atoms with van der Waals surface area (Å²) in [4.78, 5) is 0. The molecule has 1 rings (SSSR count). The number of methoxy groups -OCH3 is 2. The van der Waals surface area contributed by atoms with E-state index in [4.69, 9.17) is 15.2 Å². The first-order valence-electron chi connectivity index (χ1n) is 4.58. The molecule has 0 spiro atoms. The van der Waals surface area contributed by atoms with E-state index < -0.39 is 12.2 Å².